The second-order valence-electron chi connectivity index (χ2n) is 2.34. The zero-order chi connectivity index (χ0) is 7.56. The van der Waals surface area contributed by atoms with E-state index in [1.807, 2.05) is 43.2 Å². The molecule has 0 saturated carbocycles. The first kappa shape index (κ1) is 6.93. The molecule has 10 heavy (non-hydrogen) atoms. The van der Waals surface area contributed by atoms with E-state index in [0.29, 0.717) is 0 Å². The fourth-order valence-corrected chi connectivity index (χ4v) is 0.776. The van der Waals surface area contributed by atoms with Gasteiger partial charge in [-0.2, -0.15) is 0 Å². The van der Waals surface area contributed by atoms with Gasteiger partial charge in [0, 0.05) is 12.7 Å². The lowest BCUT2D eigenvalue weighted by Gasteiger charge is -2.18. The lowest BCUT2D eigenvalue weighted by Crippen LogP contribution is -2.20. The first-order chi connectivity index (χ1) is 4.72. The minimum atomic E-state index is 0.780. The number of hydrogen-bond acceptors (Lipinski definition) is 2. The van der Waals surface area contributed by atoms with Crippen LogP contribution in [-0.4, -0.2) is 11.9 Å². The third kappa shape index (κ3) is 1.21. The van der Waals surface area contributed by atoms with Crippen molar-refractivity contribution in [1.82, 2.24) is 4.90 Å². The Hall–Kier alpha value is -1.18. The predicted molar refractivity (Wildman–Crippen MR) is 42.9 cm³/mol. The van der Waals surface area contributed by atoms with Gasteiger partial charge in [0.1, 0.15) is 5.82 Å². The van der Waals surface area contributed by atoms with Crippen LogP contribution in [0.5, 0.6) is 0 Å². The summed E-state index contributed by atoms with van der Waals surface area (Å²) in [6, 6.07) is 0. The summed E-state index contributed by atoms with van der Waals surface area (Å²) in [5.74, 6) is 0.780. The molecular weight excluding hydrogens is 124 g/mol. The van der Waals surface area contributed by atoms with E-state index < -0.39 is 0 Å². The molecule has 0 saturated heterocycles. The van der Waals surface area contributed by atoms with Gasteiger partial charge in [-0.05, 0) is 19.1 Å². The predicted octanol–water partition coefficient (Wildman–Crippen LogP) is 1.19. The maximum Gasteiger partial charge on any atom is 0.103 e. The van der Waals surface area contributed by atoms with E-state index in [1.54, 1.807) is 0 Å². The van der Waals surface area contributed by atoms with E-state index in [-0.39, 0.29) is 0 Å². The zero-order valence-corrected chi connectivity index (χ0v) is 6.33. The van der Waals surface area contributed by atoms with Crippen molar-refractivity contribution < 1.29 is 0 Å². The Morgan fingerprint density at radius 2 is 1.90 bits per heavy atom. The molecule has 1 heterocycles. The van der Waals surface area contributed by atoms with Gasteiger partial charge in [-0.25, -0.2) is 0 Å². The molecule has 54 valence electrons. The van der Waals surface area contributed by atoms with Crippen molar-refractivity contribution >= 4 is 0 Å². The molecule has 0 unspecified atom stereocenters. The van der Waals surface area contributed by atoms with Crippen molar-refractivity contribution in [3.8, 4) is 0 Å². The van der Waals surface area contributed by atoms with E-state index in [4.69, 9.17) is 5.73 Å². The second-order valence-corrected chi connectivity index (χ2v) is 2.34. The maximum absolute atomic E-state index is 5.66. The summed E-state index contributed by atoms with van der Waals surface area (Å²) >= 11 is 0. The van der Waals surface area contributed by atoms with Crippen LogP contribution in [0, 0.1) is 0 Å². The maximum atomic E-state index is 5.66. The number of nitrogens with two attached hydrogens (primary N) is 1. The van der Waals surface area contributed by atoms with Crippen molar-refractivity contribution in [2.24, 2.45) is 5.73 Å². The summed E-state index contributed by atoms with van der Waals surface area (Å²) in [6.07, 6.45) is 7.82. The van der Waals surface area contributed by atoms with Crippen LogP contribution in [0.1, 0.15) is 6.92 Å². The molecule has 0 aliphatic carbocycles. The average molecular weight is 136 g/mol. The molecule has 2 heteroatoms. The Bertz CT molecular complexity index is 189. The molecule has 0 aromatic rings. The topological polar surface area (TPSA) is 29.3 Å². The van der Waals surface area contributed by atoms with Gasteiger partial charge in [0.15, 0.2) is 0 Å². The van der Waals surface area contributed by atoms with Crippen LogP contribution in [0.15, 0.2) is 35.8 Å². The molecule has 0 fully saturated rings. The highest BCUT2D eigenvalue weighted by Crippen LogP contribution is 2.08. The van der Waals surface area contributed by atoms with E-state index >= 15 is 0 Å². The molecule has 1 aliphatic rings. The minimum absolute atomic E-state index is 0.780. The van der Waals surface area contributed by atoms with Crippen molar-refractivity contribution in [1.29, 1.82) is 0 Å². The van der Waals surface area contributed by atoms with E-state index in [9.17, 15) is 0 Å². The summed E-state index contributed by atoms with van der Waals surface area (Å²) in [7, 11) is 1.95. The highest BCUT2D eigenvalue weighted by Gasteiger charge is 2.00. The van der Waals surface area contributed by atoms with Crippen LogP contribution in [0.25, 0.3) is 0 Å². The average Bonchev–Trinajstić information content (AvgIpc) is 2.04. The van der Waals surface area contributed by atoms with Gasteiger partial charge in [-0.3, -0.25) is 0 Å². The van der Waals surface area contributed by atoms with Gasteiger partial charge in [0.05, 0.1) is 0 Å². The molecule has 0 amide bonds. The summed E-state index contributed by atoms with van der Waals surface area (Å²) in [6.45, 7) is 2.02. The molecule has 0 radical (unpaired) electrons. The number of allylic oxidation sites excluding steroid dienone is 5. The fourth-order valence-electron chi connectivity index (χ4n) is 0.776. The molecule has 0 spiro atoms. The van der Waals surface area contributed by atoms with Crippen molar-refractivity contribution in [2.45, 2.75) is 6.92 Å². The second kappa shape index (κ2) is 2.60. The standard InChI is InChI=1S/C8H12N2/c1-7-5-3-4-6-8(9)10(7)2/h3-6H,9H2,1-2H3. The molecule has 0 atom stereocenters. The monoisotopic (exact) mass is 136 g/mol. The molecule has 0 bridgehead atoms. The van der Waals surface area contributed by atoms with Gasteiger partial charge in [-0.1, -0.05) is 12.2 Å². The number of hydrogen-bond donors (Lipinski definition) is 1. The van der Waals surface area contributed by atoms with Gasteiger partial charge in [-0.15, -0.1) is 0 Å². The van der Waals surface area contributed by atoms with Gasteiger partial charge in [0.25, 0.3) is 0 Å². The lowest BCUT2D eigenvalue weighted by molar-refractivity contribution is 0.515. The Labute approximate surface area is 61.3 Å². The summed E-state index contributed by atoms with van der Waals surface area (Å²) < 4.78 is 0. The molecule has 0 aromatic heterocycles. The Kier molecular flexibility index (Phi) is 1.81. The smallest absolute Gasteiger partial charge is 0.103 e. The molecular formula is C8H12N2. The highest BCUT2D eigenvalue weighted by molar-refractivity contribution is 5.23. The fraction of sp³-hybridized carbons (Fsp3) is 0.250. The van der Waals surface area contributed by atoms with Gasteiger partial charge in [0.2, 0.25) is 0 Å². The largest absolute Gasteiger partial charge is 0.385 e. The normalized spacial score (nSPS) is 18.0. The van der Waals surface area contributed by atoms with Gasteiger partial charge >= 0.3 is 0 Å². The summed E-state index contributed by atoms with van der Waals surface area (Å²) in [5, 5.41) is 0. The third-order valence-corrected chi connectivity index (χ3v) is 1.63. The van der Waals surface area contributed by atoms with Crippen LogP contribution < -0.4 is 5.73 Å². The quantitative estimate of drug-likeness (QED) is 0.542. The zero-order valence-electron chi connectivity index (χ0n) is 6.33. The highest BCUT2D eigenvalue weighted by atomic mass is 15.2. The Balaban J connectivity index is 2.91. The first-order valence-corrected chi connectivity index (χ1v) is 3.26. The third-order valence-electron chi connectivity index (χ3n) is 1.63. The molecule has 1 aliphatic heterocycles. The van der Waals surface area contributed by atoms with Crippen molar-refractivity contribution in [3.63, 3.8) is 0 Å². The SMILES string of the molecule is CC1=CC=CC=C(N)N1C. The molecule has 2 nitrogen and oxygen atoms in total. The van der Waals surface area contributed by atoms with E-state index in [0.717, 1.165) is 11.5 Å². The molecule has 1 rings (SSSR count). The molecule has 2 N–H and O–H groups in total. The van der Waals surface area contributed by atoms with Crippen LogP contribution in [0.4, 0.5) is 0 Å². The summed E-state index contributed by atoms with van der Waals surface area (Å²) in [4.78, 5) is 1.94. The Morgan fingerprint density at radius 1 is 1.30 bits per heavy atom. The van der Waals surface area contributed by atoms with Crippen LogP contribution >= 0.6 is 0 Å². The minimum Gasteiger partial charge on any atom is -0.385 e. The van der Waals surface area contributed by atoms with Crippen molar-refractivity contribution in [3.05, 3.63) is 35.8 Å². The summed E-state index contributed by atoms with van der Waals surface area (Å²) in [5.41, 5.74) is 6.82. The van der Waals surface area contributed by atoms with E-state index in [2.05, 4.69) is 0 Å². The number of nitrogens with zero attached hydrogens (tertiary/aromatic N) is 1. The first-order valence-electron chi connectivity index (χ1n) is 3.26. The van der Waals surface area contributed by atoms with Crippen LogP contribution in [0.2, 0.25) is 0 Å². The lowest BCUT2D eigenvalue weighted by atomic mass is 10.4. The van der Waals surface area contributed by atoms with Crippen LogP contribution in [-0.2, 0) is 0 Å². The van der Waals surface area contributed by atoms with E-state index in [1.165, 1.54) is 0 Å². The van der Waals surface area contributed by atoms with Crippen LogP contribution in [0.3, 0.4) is 0 Å². The van der Waals surface area contributed by atoms with Gasteiger partial charge < -0.3 is 10.6 Å². The van der Waals surface area contributed by atoms with Crippen molar-refractivity contribution in [2.75, 3.05) is 7.05 Å². The number of rotatable bonds is 0. The molecule has 0 aromatic carbocycles. The Morgan fingerprint density at radius 3 is 2.60 bits per heavy atom.